The molecule has 1 unspecified atom stereocenters. The zero-order valence-corrected chi connectivity index (χ0v) is 14.2. The van der Waals surface area contributed by atoms with Gasteiger partial charge >= 0.3 is 0 Å². The minimum Gasteiger partial charge on any atom is -0.316 e. The van der Waals surface area contributed by atoms with E-state index in [2.05, 4.69) is 57.1 Å². The monoisotopic (exact) mass is 339 g/mol. The fraction of sp³-hybridized carbons (Fsp3) is 0.688. The van der Waals surface area contributed by atoms with E-state index in [9.17, 15) is 0 Å². The van der Waals surface area contributed by atoms with Crippen LogP contribution in [-0.2, 0) is 6.54 Å². The largest absolute Gasteiger partial charge is 0.316 e. The molecule has 112 valence electrons. The fourth-order valence-corrected chi connectivity index (χ4v) is 3.00. The number of nitrogens with one attached hydrogen (secondary N) is 1. The minimum absolute atomic E-state index is 0.738. The third kappa shape index (κ3) is 5.51. The van der Waals surface area contributed by atoms with Crippen LogP contribution in [-0.4, -0.2) is 36.1 Å². The first-order valence-corrected chi connectivity index (χ1v) is 8.46. The Morgan fingerprint density at radius 3 is 3.00 bits per heavy atom. The molecule has 0 aliphatic carbocycles. The van der Waals surface area contributed by atoms with Crippen molar-refractivity contribution < 1.29 is 0 Å². The first-order chi connectivity index (χ1) is 9.63. The smallest absolute Gasteiger partial charge is 0.0544 e. The van der Waals surface area contributed by atoms with Crippen molar-refractivity contribution >= 4 is 15.9 Å². The second-order valence-electron chi connectivity index (χ2n) is 6.26. The molecule has 3 nitrogen and oxygen atoms in total. The van der Waals surface area contributed by atoms with Crippen LogP contribution in [0.3, 0.4) is 0 Å². The van der Waals surface area contributed by atoms with Gasteiger partial charge in [0.25, 0.3) is 0 Å². The number of halogens is 1. The van der Waals surface area contributed by atoms with Gasteiger partial charge in [-0.1, -0.05) is 13.8 Å². The first-order valence-electron chi connectivity index (χ1n) is 7.67. The van der Waals surface area contributed by atoms with Gasteiger partial charge in [0.2, 0.25) is 0 Å². The van der Waals surface area contributed by atoms with Gasteiger partial charge in [-0.25, -0.2) is 0 Å². The Labute approximate surface area is 131 Å². The number of piperidine rings is 1. The Hall–Kier alpha value is -0.450. The van der Waals surface area contributed by atoms with Crippen molar-refractivity contribution in [3.63, 3.8) is 0 Å². The lowest BCUT2D eigenvalue weighted by molar-refractivity contribution is 0.163. The van der Waals surface area contributed by atoms with Crippen molar-refractivity contribution in [2.45, 2.75) is 33.2 Å². The minimum atomic E-state index is 0.738. The van der Waals surface area contributed by atoms with Crippen LogP contribution in [0.15, 0.2) is 22.8 Å². The normalized spacial score (nSPS) is 20.5. The summed E-state index contributed by atoms with van der Waals surface area (Å²) in [5, 5.41) is 3.60. The van der Waals surface area contributed by atoms with Gasteiger partial charge < -0.3 is 5.32 Å². The summed E-state index contributed by atoms with van der Waals surface area (Å²) in [4.78, 5) is 7.02. The highest BCUT2D eigenvalue weighted by molar-refractivity contribution is 9.10. The molecule has 1 saturated heterocycles. The van der Waals surface area contributed by atoms with E-state index in [-0.39, 0.29) is 0 Å². The number of rotatable bonds is 6. The molecule has 4 heteroatoms. The molecule has 1 atom stereocenters. The number of nitrogens with zero attached hydrogens (tertiary/aromatic N) is 2. The molecule has 1 N–H and O–H groups in total. The summed E-state index contributed by atoms with van der Waals surface area (Å²) in [6.45, 7) is 10.2. The van der Waals surface area contributed by atoms with Crippen molar-refractivity contribution in [2.24, 2.45) is 11.8 Å². The van der Waals surface area contributed by atoms with Crippen LogP contribution in [0.25, 0.3) is 0 Å². The topological polar surface area (TPSA) is 28.2 Å². The van der Waals surface area contributed by atoms with Gasteiger partial charge in [0.15, 0.2) is 0 Å². The molecule has 0 bridgehead atoms. The predicted octanol–water partition coefficient (Wildman–Crippen LogP) is 3.30. The molecule has 2 heterocycles. The van der Waals surface area contributed by atoms with Gasteiger partial charge in [-0.15, -0.1) is 0 Å². The summed E-state index contributed by atoms with van der Waals surface area (Å²) in [5.41, 5.74) is 1.17. The zero-order chi connectivity index (χ0) is 14.4. The molecule has 20 heavy (non-hydrogen) atoms. The summed E-state index contributed by atoms with van der Waals surface area (Å²) in [6.07, 6.45) is 4.56. The standard InChI is InChI=1S/C16H26BrN3/c1-13(2)8-18-9-14-4-3-7-20(11-14)12-16-6-5-15(17)10-19-16/h5-6,10,13-14,18H,3-4,7-9,11-12H2,1-2H3. The lowest BCUT2D eigenvalue weighted by Gasteiger charge is -2.32. The summed E-state index contributed by atoms with van der Waals surface area (Å²) in [6, 6.07) is 4.19. The van der Waals surface area contributed by atoms with E-state index in [1.165, 1.54) is 31.6 Å². The molecule has 1 aliphatic rings. The van der Waals surface area contributed by atoms with Crippen LogP contribution in [0, 0.1) is 11.8 Å². The number of hydrogen-bond acceptors (Lipinski definition) is 3. The van der Waals surface area contributed by atoms with E-state index in [0.717, 1.165) is 35.9 Å². The maximum atomic E-state index is 4.48. The molecule has 0 aromatic carbocycles. The molecule has 0 spiro atoms. The Morgan fingerprint density at radius 2 is 2.30 bits per heavy atom. The molecular formula is C16H26BrN3. The molecule has 2 rings (SSSR count). The van der Waals surface area contributed by atoms with Gasteiger partial charge in [-0.2, -0.15) is 0 Å². The quantitative estimate of drug-likeness (QED) is 0.861. The molecule has 1 aromatic heterocycles. The molecule has 0 saturated carbocycles. The summed E-state index contributed by atoms with van der Waals surface area (Å²) in [7, 11) is 0. The first kappa shape index (κ1) is 15.9. The van der Waals surface area contributed by atoms with Crippen molar-refractivity contribution in [3.8, 4) is 0 Å². The highest BCUT2D eigenvalue weighted by Crippen LogP contribution is 2.18. The maximum absolute atomic E-state index is 4.48. The van der Waals surface area contributed by atoms with Crippen LogP contribution in [0.5, 0.6) is 0 Å². The van der Waals surface area contributed by atoms with Crippen molar-refractivity contribution in [1.29, 1.82) is 0 Å². The summed E-state index contributed by atoms with van der Waals surface area (Å²) in [5.74, 6) is 1.53. The van der Waals surface area contributed by atoms with Gasteiger partial charge in [-0.3, -0.25) is 9.88 Å². The van der Waals surface area contributed by atoms with Gasteiger partial charge in [0.1, 0.15) is 0 Å². The molecule has 0 radical (unpaired) electrons. The number of pyridine rings is 1. The van der Waals surface area contributed by atoms with E-state index in [0.29, 0.717) is 0 Å². The van der Waals surface area contributed by atoms with Crippen LogP contribution in [0.1, 0.15) is 32.4 Å². The van der Waals surface area contributed by atoms with E-state index in [1.807, 2.05) is 6.20 Å². The van der Waals surface area contributed by atoms with E-state index < -0.39 is 0 Å². The summed E-state index contributed by atoms with van der Waals surface area (Å²) >= 11 is 3.44. The highest BCUT2D eigenvalue weighted by Gasteiger charge is 2.19. The van der Waals surface area contributed by atoms with Crippen LogP contribution < -0.4 is 5.32 Å². The number of likely N-dealkylation sites (tertiary alicyclic amines) is 1. The Kier molecular flexibility index (Phi) is 6.46. The van der Waals surface area contributed by atoms with Gasteiger partial charge in [0, 0.05) is 23.8 Å². The second kappa shape index (κ2) is 8.11. The Morgan fingerprint density at radius 1 is 1.45 bits per heavy atom. The SMILES string of the molecule is CC(C)CNCC1CCCN(Cc2ccc(Br)cn2)C1. The predicted molar refractivity (Wildman–Crippen MR) is 87.6 cm³/mol. The van der Waals surface area contributed by atoms with Crippen LogP contribution >= 0.6 is 15.9 Å². The van der Waals surface area contributed by atoms with Gasteiger partial charge in [0.05, 0.1) is 5.69 Å². The third-order valence-electron chi connectivity index (χ3n) is 3.76. The van der Waals surface area contributed by atoms with E-state index in [4.69, 9.17) is 0 Å². The van der Waals surface area contributed by atoms with Crippen molar-refractivity contribution in [1.82, 2.24) is 15.2 Å². The molecule has 0 amide bonds. The molecule has 1 aromatic rings. The molecule has 1 aliphatic heterocycles. The van der Waals surface area contributed by atoms with Crippen molar-refractivity contribution in [2.75, 3.05) is 26.2 Å². The third-order valence-corrected chi connectivity index (χ3v) is 4.23. The average Bonchev–Trinajstić information content (AvgIpc) is 2.41. The lowest BCUT2D eigenvalue weighted by atomic mass is 9.97. The highest BCUT2D eigenvalue weighted by atomic mass is 79.9. The lowest BCUT2D eigenvalue weighted by Crippen LogP contribution is -2.39. The number of aromatic nitrogens is 1. The Balaban J connectivity index is 1.76. The van der Waals surface area contributed by atoms with Crippen molar-refractivity contribution in [3.05, 3.63) is 28.5 Å². The van der Waals surface area contributed by atoms with Crippen LogP contribution in [0.4, 0.5) is 0 Å². The zero-order valence-electron chi connectivity index (χ0n) is 12.6. The van der Waals surface area contributed by atoms with Gasteiger partial charge in [-0.05, 0) is 72.4 Å². The van der Waals surface area contributed by atoms with E-state index in [1.54, 1.807) is 0 Å². The molecular weight excluding hydrogens is 314 g/mol. The number of hydrogen-bond donors (Lipinski definition) is 1. The van der Waals surface area contributed by atoms with E-state index >= 15 is 0 Å². The van der Waals surface area contributed by atoms with Crippen LogP contribution in [0.2, 0.25) is 0 Å². The average molecular weight is 340 g/mol. The Bertz CT molecular complexity index is 391. The molecule has 1 fully saturated rings. The summed E-state index contributed by atoms with van der Waals surface area (Å²) < 4.78 is 1.05. The maximum Gasteiger partial charge on any atom is 0.0544 e. The fourth-order valence-electron chi connectivity index (χ4n) is 2.77. The second-order valence-corrected chi connectivity index (χ2v) is 7.18.